The van der Waals surface area contributed by atoms with Gasteiger partial charge in [0.2, 0.25) is 0 Å². The third-order valence-electron chi connectivity index (χ3n) is 4.48. The number of likely N-dealkylation sites (tertiary alicyclic amines) is 1. The maximum atomic E-state index is 12.5. The van der Waals surface area contributed by atoms with Crippen molar-refractivity contribution in [2.45, 2.75) is 32.2 Å². The van der Waals surface area contributed by atoms with Crippen molar-refractivity contribution in [3.63, 3.8) is 0 Å². The van der Waals surface area contributed by atoms with Crippen LogP contribution in [-0.2, 0) is 7.05 Å². The Morgan fingerprint density at radius 1 is 1.42 bits per heavy atom. The van der Waals surface area contributed by atoms with Crippen LogP contribution in [-0.4, -0.2) is 57.7 Å². The summed E-state index contributed by atoms with van der Waals surface area (Å²) < 4.78 is 1.18. The quantitative estimate of drug-likeness (QED) is 0.609. The van der Waals surface area contributed by atoms with Crippen molar-refractivity contribution < 1.29 is 9.90 Å². The lowest BCUT2D eigenvalue weighted by atomic mass is 9.98. The summed E-state index contributed by atoms with van der Waals surface area (Å²) in [4.78, 5) is 40.1. The van der Waals surface area contributed by atoms with Crippen LogP contribution < -0.4 is 16.6 Å². The van der Waals surface area contributed by atoms with Crippen LogP contribution in [0.4, 0.5) is 0 Å². The first kappa shape index (κ1) is 18.4. The molecule has 8 heteroatoms. The molecule has 2 rings (SSSR count). The monoisotopic (exact) mass is 338 g/mol. The molecule has 24 heavy (non-hydrogen) atoms. The predicted octanol–water partition coefficient (Wildman–Crippen LogP) is -0.714. The lowest BCUT2D eigenvalue weighted by molar-refractivity contribution is 0.0926. The molecule has 0 aliphatic carbocycles. The fourth-order valence-corrected chi connectivity index (χ4v) is 3.24. The number of aliphatic hydroxyl groups excluding tert-OH is 1. The topological polar surface area (TPSA) is 107 Å². The van der Waals surface area contributed by atoms with Crippen molar-refractivity contribution in [3.05, 3.63) is 32.6 Å². The highest BCUT2D eigenvalue weighted by Crippen LogP contribution is 2.22. The average Bonchev–Trinajstić information content (AvgIpc) is 2.91. The number of carbonyl (C=O) groups is 1. The predicted molar refractivity (Wildman–Crippen MR) is 90.1 cm³/mol. The van der Waals surface area contributed by atoms with Gasteiger partial charge in [-0.1, -0.05) is 13.3 Å². The Kier molecular flexibility index (Phi) is 6.33. The number of amides is 1. The number of aromatic amines is 1. The standard InChI is InChI=1S/C16H26N4O4/c1-3-5-11-8-20(6-4-7-21)10-13(11)17-14(22)12-9-19(2)16(24)18-15(12)23/h9,11,13,21H,3-8,10H2,1-2H3,(H,17,22)(H,18,23,24)/t11-,13-/m1/s1. The molecule has 0 radical (unpaired) electrons. The number of rotatable bonds is 7. The summed E-state index contributed by atoms with van der Waals surface area (Å²) in [6.45, 7) is 4.64. The van der Waals surface area contributed by atoms with Crippen molar-refractivity contribution in [2.24, 2.45) is 13.0 Å². The molecular weight excluding hydrogens is 312 g/mol. The molecular formula is C16H26N4O4. The van der Waals surface area contributed by atoms with E-state index in [1.165, 1.54) is 17.8 Å². The second-order valence-corrected chi connectivity index (χ2v) is 6.38. The molecule has 1 aromatic heterocycles. The van der Waals surface area contributed by atoms with Gasteiger partial charge >= 0.3 is 5.69 Å². The van der Waals surface area contributed by atoms with Crippen molar-refractivity contribution in [1.82, 2.24) is 19.8 Å². The van der Waals surface area contributed by atoms with E-state index >= 15 is 0 Å². The SMILES string of the molecule is CCC[C@@H]1CN(CCCO)C[C@H]1NC(=O)c1cn(C)c(=O)[nH]c1=O. The van der Waals surface area contributed by atoms with Crippen molar-refractivity contribution in [3.8, 4) is 0 Å². The Bertz CT molecular complexity index is 681. The normalized spacial score (nSPS) is 21.1. The molecule has 1 amide bonds. The molecule has 0 unspecified atom stereocenters. The van der Waals surface area contributed by atoms with E-state index in [1.807, 2.05) is 0 Å². The van der Waals surface area contributed by atoms with Crippen LogP contribution in [0.15, 0.2) is 15.8 Å². The lowest BCUT2D eigenvalue weighted by Gasteiger charge is -2.19. The van der Waals surface area contributed by atoms with E-state index in [0.717, 1.165) is 25.9 Å². The van der Waals surface area contributed by atoms with E-state index in [0.29, 0.717) is 18.9 Å². The molecule has 0 bridgehead atoms. The molecule has 2 heterocycles. The van der Waals surface area contributed by atoms with Gasteiger partial charge in [-0.2, -0.15) is 0 Å². The third kappa shape index (κ3) is 4.33. The van der Waals surface area contributed by atoms with Crippen LogP contribution in [0.2, 0.25) is 0 Å². The fourth-order valence-electron chi connectivity index (χ4n) is 3.24. The van der Waals surface area contributed by atoms with Gasteiger partial charge < -0.3 is 19.9 Å². The number of hydrogen-bond acceptors (Lipinski definition) is 5. The molecule has 134 valence electrons. The zero-order chi connectivity index (χ0) is 17.7. The van der Waals surface area contributed by atoms with Gasteiger partial charge in [-0.25, -0.2) is 4.79 Å². The Balaban J connectivity index is 2.10. The van der Waals surface area contributed by atoms with Crippen LogP contribution >= 0.6 is 0 Å². The highest BCUT2D eigenvalue weighted by molar-refractivity contribution is 5.93. The number of aliphatic hydroxyl groups is 1. The van der Waals surface area contributed by atoms with E-state index in [4.69, 9.17) is 5.11 Å². The van der Waals surface area contributed by atoms with Gasteiger partial charge in [-0.3, -0.25) is 14.6 Å². The summed E-state index contributed by atoms with van der Waals surface area (Å²) in [5.41, 5.74) is -1.27. The van der Waals surface area contributed by atoms with E-state index in [1.54, 1.807) is 0 Å². The third-order valence-corrected chi connectivity index (χ3v) is 4.48. The summed E-state index contributed by atoms with van der Waals surface area (Å²) >= 11 is 0. The molecule has 1 saturated heterocycles. The number of H-pyrrole nitrogens is 1. The first-order valence-corrected chi connectivity index (χ1v) is 8.40. The maximum Gasteiger partial charge on any atom is 0.328 e. The second-order valence-electron chi connectivity index (χ2n) is 6.38. The molecule has 0 saturated carbocycles. The zero-order valence-electron chi connectivity index (χ0n) is 14.2. The summed E-state index contributed by atoms with van der Waals surface area (Å²) in [7, 11) is 1.49. The summed E-state index contributed by atoms with van der Waals surface area (Å²) in [6.07, 6.45) is 3.99. The summed E-state index contributed by atoms with van der Waals surface area (Å²) in [5.74, 6) is -0.133. The van der Waals surface area contributed by atoms with Crippen LogP contribution in [0.5, 0.6) is 0 Å². The molecule has 2 atom stereocenters. The molecule has 1 fully saturated rings. The van der Waals surface area contributed by atoms with Crippen molar-refractivity contribution in [1.29, 1.82) is 0 Å². The summed E-state index contributed by atoms with van der Waals surface area (Å²) in [5, 5.41) is 11.9. The van der Waals surface area contributed by atoms with Gasteiger partial charge in [0.1, 0.15) is 5.56 Å². The highest BCUT2D eigenvalue weighted by atomic mass is 16.3. The zero-order valence-corrected chi connectivity index (χ0v) is 14.2. The number of aromatic nitrogens is 2. The fraction of sp³-hybridized carbons (Fsp3) is 0.688. The smallest absolute Gasteiger partial charge is 0.328 e. The molecule has 8 nitrogen and oxygen atoms in total. The first-order chi connectivity index (χ1) is 11.5. The number of hydrogen-bond donors (Lipinski definition) is 3. The van der Waals surface area contributed by atoms with Crippen molar-refractivity contribution in [2.75, 3.05) is 26.2 Å². The first-order valence-electron chi connectivity index (χ1n) is 8.40. The number of nitrogens with one attached hydrogen (secondary N) is 2. The summed E-state index contributed by atoms with van der Waals surface area (Å²) in [6, 6.07) is -0.0345. The highest BCUT2D eigenvalue weighted by Gasteiger charge is 2.33. The minimum absolute atomic E-state index is 0.0345. The van der Waals surface area contributed by atoms with Gasteiger partial charge in [0.15, 0.2) is 0 Å². The van der Waals surface area contributed by atoms with Gasteiger partial charge in [-0.05, 0) is 18.8 Å². The molecule has 0 spiro atoms. The lowest BCUT2D eigenvalue weighted by Crippen LogP contribution is -2.43. The minimum atomic E-state index is -0.669. The van der Waals surface area contributed by atoms with Crippen LogP contribution in [0.3, 0.4) is 0 Å². The van der Waals surface area contributed by atoms with Crippen molar-refractivity contribution >= 4 is 5.91 Å². The number of carbonyl (C=O) groups excluding carboxylic acids is 1. The molecule has 1 aliphatic heterocycles. The van der Waals surface area contributed by atoms with E-state index < -0.39 is 17.2 Å². The van der Waals surface area contributed by atoms with E-state index in [9.17, 15) is 14.4 Å². The van der Waals surface area contributed by atoms with E-state index in [2.05, 4.69) is 22.1 Å². The van der Waals surface area contributed by atoms with Crippen LogP contribution in [0, 0.1) is 5.92 Å². The number of aryl methyl sites for hydroxylation is 1. The molecule has 1 aromatic rings. The van der Waals surface area contributed by atoms with Crippen LogP contribution in [0.25, 0.3) is 0 Å². The Morgan fingerprint density at radius 2 is 2.17 bits per heavy atom. The molecule has 3 N–H and O–H groups in total. The Hall–Kier alpha value is -1.93. The molecule has 1 aliphatic rings. The van der Waals surface area contributed by atoms with Gasteiger partial charge in [0, 0.05) is 45.5 Å². The van der Waals surface area contributed by atoms with Gasteiger partial charge in [-0.15, -0.1) is 0 Å². The largest absolute Gasteiger partial charge is 0.396 e. The van der Waals surface area contributed by atoms with E-state index in [-0.39, 0.29) is 18.2 Å². The molecule has 0 aromatic carbocycles. The average molecular weight is 338 g/mol. The Morgan fingerprint density at radius 3 is 2.83 bits per heavy atom. The van der Waals surface area contributed by atoms with Gasteiger partial charge in [0.05, 0.1) is 0 Å². The Labute approximate surface area is 140 Å². The van der Waals surface area contributed by atoms with Crippen LogP contribution in [0.1, 0.15) is 36.5 Å². The second kappa shape index (κ2) is 8.25. The van der Waals surface area contributed by atoms with Gasteiger partial charge in [0.25, 0.3) is 11.5 Å². The number of nitrogens with zero attached hydrogens (tertiary/aromatic N) is 2. The maximum absolute atomic E-state index is 12.5. The minimum Gasteiger partial charge on any atom is -0.396 e.